The molecule has 2 unspecified atom stereocenters. The molecule has 2 aromatic heterocycles. The van der Waals surface area contributed by atoms with E-state index in [1.54, 1.807) is 0 Å². The number of fused-ring (bicyclic) bond motifs is 4. The first-order valence-electron chi connectivity index (χ1n) is 15.9. The van der Waals surface area contributed by atoms with Crippen LogP contribution in [0.25, 0.3) is 22.1 Å². The van der Waals surface area contributed by atoms with Crippen molar-refractivity contribution in [1.29, 1.82) is 0 Å². The van der Waals surface area contributed by atoms with Crippen LogP contribution in [-0.4, -0.2) is 67.3 Å². The fourth-order valence-electron chi connectivity index (χ4n) is 8.55. The zero-order valence-electron chi connectivity index (χ0n) is 24.7. The van der Waals surface area contributed by atoms with Crippen molar-refractivity contribution in [2.45, 2.75) is 75.4 Å². The van der Waals surface area contributed by atoms with E-state index in [-0.39, 0.29) is 11.3 Å². The molecule has 3 saturated heterocycles. The monoisotopic (exact) mass is 574 g/mol. The molecule has 0 spiro atoms. The first-order chi connectivity index (χ1) is 21.1. The molecule has 43 heavy (non-hydrogen) atoms. The van der Waals surface area contributed by atoms with Gasteiger partial charge in [-0.25, -0.2) is 9.61 Å². The lowest BCUT2D eigenvalue weighted by molar-refractivity contribution is 0.0608. The number of rotatable bonds is 6. The van der Waals surface area contributed by atoms with Crippen LogP contribution in [0.3, 0.4) is 0 Å². The molecule has 3 aliphatic heterocycles. The smallest absolute Gasteiger partial charge is 0.256 e. The molecule has 0 N–H and O–H groups in total. The molecule has 220 valence electrons. The van der Waals surface area contributed by atoms with Gasteiger partial charge in [0.1, 0.15) is 16.9 Å². The van der Waals surface area contributed by atoms with Gasteiger partial charge >= 0.3 is 0 Å². The summed E-state index contributed by atoms with van der Waals surface area (Å²) < 4.78 is 7.44. The van der Waals surface area contributed by atoms with Crippen LogP contribution >= 0.6 is 0 Å². The third kappa shape index (κ3) is 4.54. The Kier molecular flexibility index (Phi) is 6.55. The minimum Gasteiger partial charge on any atom is -0.339 e. The maximum Gasteiger partial charge on any atom is 0.256 e. The van der Waals surface area contributed by atoms with Crippen molar-refractivity contribution in [3.8, 4) is 0 Å². The third-order valence-corrected chi connectivity index (χ3v) is 10.8. The highest BCUT2D eigenvalue weighted by molar-refractivity contribution is 6.04. The number of carbonyl (C=O) groups excluding carboxylic acids is 1. The van der Waals surface area contributed by atoms with Gasteiger partial charge in [0.05, 0.1) is 16.6 Å². The summed E-state index contributed by atoms with van der Waals surface area (Å²) in [7, 11) is 0. The molecule has 5 aromatic rings. The number of para-hydroxylation sites is 2. The second-order valence-corrected chi connectivity index (χ2v) is 12.9. The van der Waals surface area contributed by atoms with Gasteiger partial charge in [-0.05, 0) is 104 Å². The Labute approximate surface area is 251 Å². The first-order valence-corrected chi connectivity index (χ1v) is 15.9. The number of hydrogen-bond donors (Lipinski definition) is 0. The summed E-state index contributed by atoms with van der Waals surface area (Å²) in [5.74, 6) is 1.16. The average molecular weight is 575 g/mol. The molecule has 8 rings (SSSR count). The largest absolute Gasteiger partial charge is 0.339 e. The summed E-state index contributed by atoms with van der Waals surface area (Å²) in [6.07, 6.45) is 8.00. The van der Waals surface area contributed by atoms with Crippen LogP contribution < -0.4 is 0 Å². The highest BCUT2D eigenvalue weighted by Gasteiger charge is 2.44. The van der Waals surface area contributed by atoms with E-state index < -0.39 is 0 Å². The van der Waals surface area contributed by atoms with Gasteiger partial charge in [0, 0.05) is 31.2 Å². The van der Waals surface area contributed by atoms with Gasteiger partial charge in [-0.1, -0.05) is 48.5 Å². The summed E-state index contributed by atoms with van der Waals surface area (Å²) in [6, 6.07) is 26.9. The molecular weight excluding hydrogens is 536 g/mol. The van der Waals surface area contributed by atoms with Crippen LogP contribution in [-0.2, 0) is 5.41 Å². The summed E-state index contributed by atoms with van der Waals surface area (Å²) in [5.41, 5.74) is 5.60. The Balaban J connectivity index is 0.990. The number of aryl methyl sites for hydroxylation is 1. The topological polar surface area (TPSA) is 80.3 Å². The summed E-state index contributed by atoms with van der Waals surface area (Å²) in [6.45, 7) is 4.74. The SMILES string of the molecule is Cc1nc2ccccc2n1C1CC2CCC(C1)N2CCC1(c2ccccc2)CCN(C(=O)c2cccc3nonc23)CC1. The number of aromatic nitrogens is 4. The van der Waals surface area contributed by atoms with E-state index in [2.05, 4.69) is 81.3 Å². The number of nitrogens with zero attached hydrogens (tertiary/aromatic N) is 6. The minimum absolute atomic E-state index is 0.0189. The Morgan fingerprint density at radius 2 is 1.58 bits per heavy atom. The normalized spacial score (nSPS) is 23.7. The van der Waals surface area contributed by atoms with Crippen LogP contribution in [0, 0.1) is 6.92 Å². The number of hydrogen-bond acceptors (Lipinski definition) is 6. The van der Waals surface area contributed by atoms with Crippen LogP contribution in [0.1, 0.15) is 72.7 Å². The quantitative estimate of drug-likeness (QED) is 0.236. The fraction of sp³-hybridized carbons (Fsp3) is 0.429. The summed E-state index contributed by atoms with van der Waals surface area (Å²) in [5, 5.41) is 7.94. The van der Waals surface area contributed by atoms with Gasteiger partial charge in [0.25, 0.3) is 5.91 Å². The zero-order valence-corrected chi connectivity index (χ0v) is 24.7. The van der Waals surface area contributed by atoms with Gasteiger partial charge in [0.2, 0.25) is 0 Å². The van der Waals surface area contributed by atoms with Crippen LogP contribution in [0.4, 0.5) is 0 Å². The van der Waals surface area contributed by atoms with Crippen molar-refractivity contribution >= 4 is 28.0 Å². The molecule has 5 heterocycles. The Morgan fingerprint density at radius 1 is 0.860 bits per heavy atom. The molecule has 8 heteroatoms. The maximum absolute atomic E-state index is 13.6. The minimum atomic E-state index is 0.0189. The number of likely N-dealkylation sites (tertiary alicyclic amines) is 1. The first kappa shape index (κ1) is 26.6. The molecule has 0 radical (unpaired) electrons. The van der Waals surface area contributed by atoms with Gasteiger partial charge in [-0.15, -0.1) is 0 Å². The Morgan fingerprint density at radius 3 is 2.37 bits per heavy atom. The van der Waals surface area contributed by atoms with E-state index in [4.69, 9.17) is 9.61 Å². The molecule has 0 saturated carbocycles. The van der Waals surface area contributed by atoms with Crippen molar-refractivity contribution in [2.75, 3.05) is 19.6 Å². The third-order valence-electron chi connectivity index (χ3n) is 10.8. The molecular formula is C35H38N6O2. The molecule has 3 aliphatic rings. The maximum atomic E-state index is 13.6. The lowest BCUT2D eigenvalue weighted by Crippen LogP contribution is -2.49. The van der Waals surface area contributed by atoms with Crippen LogP contribution in [0.15, 0.2) is 77.4 Å². The molecule has 2 atom stereocenters. The average Bonchev–Trinajstić information content (AvgIpc) is 3.73. The number of imidazole rings is 1. The van der Waals surface area contributed by atoms with Gasteiger partial charge in [-0.3, -0.25) is 9.69 Å². The van der Waals surface area contributed by atoms with Crippen LogP contribution in [0.5, 0.6) is 0 Å². The standard InChI is InChI=1S/C35H38N6O2/c1-24-36-30-11-5-6-13-32(30)41(24)28-22-26-14-15-27(23-28)40(26)21-18-35(25-8-3-2-4-9-25)16-19-39(20-17-35)34(42)29-10-7-12-31-33(29)38-43-37-31/h2-13,26-28H,14-23H2,1H3. The molecule has 3 fully saturated rings. The van der Waals surface area contributed by atoms with E-state index in [9.17, 15) is 4.79 Å². The zero-order chi connectivity index (χ0) is 29.0. The second kappa shape index (κ2) is 10.6. The highest BCUT2D eigenvalue weighted by Crippen LogP contribution is 2.45. The van der Waals surface area contributed by atoms with Crippen molar-refractivity contribution in [2.24, 2.45) is 0 Å². The van der Waals surface area contributed by atoms with Gasteiger partial charge in [0.15, 0.2) is 0 Å². The molecule has 1 amide bonds. The molecule has 3 aromatic carbocycles. The molecule has 2 bridgehead atoms. The van der Waals surface area contributed by atoms with E-state index in [1.807, 2.05) is 23.1 Å². The number of carbonyl (C=O) groups is 1. The van der Waals surface area contributed by atoms with Gasteiger partial charge in [-0.2, -0.15) is 0 Å². The van der Waals surface area contributed by atoms with E-state index in [0.717, 1.165) is 50.2 Å². The Hall–Kier alpha value is -4.04. The summed E-state index contributed by atoms with van der Waals surface area (Å²) >= 11 is 0. The van der Waals surface area contributed by atoms with Crippen molar-refractivity contribution < 1.29 is 9.42 Å². The number of amides is 1. The van der Waals surface area contributed by atoms with E-state index in [0.29, 0.717) is 34.7 Å². The lowest BCUT2D eigenvalue weighted by Gasteiger charge is -2.45. The fourth-order valence-corrected chi connectivity index (χ4v) is 8.55. The number of piperidine rings is 2. The van der Waals surface area contributed by atoms with E-state index >= 15 is 0 Å². The Bertz CT molecular complexity index is 1760. The predicted molar refractivity (Wildman–Crippen MR) is 166 cm³/mol. The highest BCUT2D eigenvalue weighted by atomic mass is 16.6. The molecule has 8 nitrogen and oxygen atoms in total. The lowest BCUT2D eigenvalue weighted by atomic mass is 9.70. The summed E-state index contributed by atoms with van der Waals surface area (Å²) in [4.78, 5) is 23.3. The predicted octanol–water partition coefficient (Wildman–Crippen LogP) is 6.31. The number of benzene rings is 3. The van der Waals surface area contributed by atoms with Crippen LogP contribution in [0.2, 0.25) is 0 Å². The van der Waals surface area contributed by atoms with Crippen molar-refractivity contribution in [3.05, 3.63) is 89.7 Å². The van der Waals surface area contributed by atoms with E-state index in [1.165, 1.54) is 36.8 Å². The van der Waals surface area contributed by atoms with Crippen molar-refractivity contribution in [3.63, 3.8) is 0 Å². The van der Waals surface area contributed by atoms with Gasteiger partial charge < -0.3 is 9.47 Å². The second-order valence-electron chi connectivity index (χ2n) is 12.9. The molecule has 0 aliphatic carbocycles. The van der Waals surface area contributed by atoms with Crippen molar-refractivity contribution in [1.82, 2.24) is 29.7 Å².